The van der Waals surface area contributed by atoms with E-state index in [1.165, 1.54) is 16.8 Å². The molecule has 0 atom stereocenters. The van der Waals surface area contributed by atoms with Crippen LogP contribution in [0, 0.1) is 6.92 Å². The van der Waals surface area contributed by atoms with Gasteiger partial charge in [0.05, 0.1) is 13.2 Å². The van der Waals surface area contributed by atoms with Crippen molar-refractivity contribution < 1.29 is 14.0 Å². The molecule has 32 heavy (non-hydrogen) atoms. The van der Waals surface area contributed by atoms with Crippen LogP contribution in [0.1, 0.15) is 56.2 Å². The van der Waals surface area contributed by atoms with Crippen molar-refractivity contribution in [2.24, 2.45) is 14.1 Å². The van der Waals surface area contributed by atoms with E-state index < -0.39 is 0 Å². The number of benzene rings is 2. The average Bonchev–Trinajstić information content (AvgIpc) is 3.31. The van der Waals surface area contributed by atoms with E-state index >= 15 is 0 Å². The Hall–Kier alpha value is -3.34. The van der Waals surface area contributed by atoms with Gasteiger partial charge in [-0.25, -0.2) is 0 Å². The second kappa shape index (κ2) is 8.65. The van der Waals surface area contributed by atoms with E-state index in [2.05, 4.69) is 116 Å². The van der Waals surface area contributed by atoms with Crippen LogP contribution in [0.2, 0.25) is 0 Å². The molecule has 0 fully saturated rings. The fourth-order valence-corrected chi connectivity index (χ4v) is 4.24. The van der Waals surface area contributed by atoms with E-state index in [-0.39, 0.29) is 0 Å². The summed E-state index contributed by atoms with van der Waals surface area (Å²) in [6.45, 7) is 11.1. The van der Waals surface area contributed by atoms with Crippen molar-refractivity contribution >= 4 is 0 Å². The van der Waals surface area contributed by atoms with Gasteiger partial charge < -0.3 is 4.74 Å². The van der Waals surface area contributed by atoms with Crippen LogP contribution in [0.5, 0.6) is 11.6 Å². The first-order valence-electron chi connectivity index (χ1n) is 11.3. The third kappa shape index (κ3) is 3.83. The maximum atomic E-state index is 6.44. The smallest absolute Gasteiger partial charge is 0.414 e. The molecule has 0 radical (unpaired) electrons. The molecule has 0 spiro atoms. The van der Waals surface area contributed by atoms with E-state index in [1.54, 1.807) is 0 Å². The Morgan fingerprint density at radius 3 is 2.09 bits per heavy atom. The van der Waals surface area contributed by atoms with Gasteiger partial charge in [-0.15, -0.1) is 9.13 Å². The molecule has 2 heterocycles. The minimum Gasteiger partial charge on any atom is -0.414 e. The summed E-state index contributed by atoms with van der Waals surface area (Å²) in [5.74, 6) is 3.45. The number of ether oxygens (including phenoxy) is 1. The first-order chi connectivity index (χ1) is 15.3. The molecule has 4 aromatic rings. The lowest BCUT2D eigenvalue weighted by Crippen LogP contribution is -2.51. The number of hydrogen-bond acceptors (Lipinski definition) is 1. The highest BCUT2D eigenvalue weighted by molar-refractivity contribution is 5.52. The van der Waals surface area contributed by atoms with Crippen molar-refractivity contribution in [1.82, 2.24) is 9.25 Å². The quantitative estimate of drug-likeness (QED) is 0.383. The number of para-hydroxylation sites is 2. The number of imidazole rings is 1. The molecule has 0 aliphatic rings. The fraction of sp³-hybridized carbons (Fsp3) is 0.333. The molecule has 2 aromatic heterocycles. The predicted molar refractivity (Wildman–Crippen MR) is 127 cm³/mol. The van der Waals surface area contributed by atoms with Crippen molar-refractivity contribution in [2.75, 3.05) is 0 Å². The van der Waals surface area contributed by atoms with Gasteiger partial charge in [0, 0.05) is 17.2 Å². The van der Waals surface area contributed by atoms with Gasteiger partial charge in [0.15, 0.2) is 11.9 Å². The molecule has 166 valence electrons. The van der Waals surface area contributed by atoms with Crippen molar-refractivity contribution in [3.05, 3.63) is 83.8 Å². The van der Waals surface area contributed by atoms with Crippen molar-refractivity contribution in [3.8, 4) is 23.3 Å². The van der Waals surface area contributed by atoms with Crippen LogP contribution in [-0.4, -0.2) is 9.25 Å². The summed E-state index contributed by atoms with van der Waals surface area (Å²) < 4.78 is 15.1. The van der Waals surface area contributed by atoms with Gasteiger partial charge in [-0.3, -0.25) is 0 Å². The lowest BCUT2D eigenvalue weighted by atomic mass is 9.92. The molecule has 5 heteroatoms. The standard InChI is InChI=1S/C27H34N4O/c1-19(2)22-13-10-14-23(20(3)4)26(22)30-18-25(32-24-15-9-8-12-21(24)5)29(7)27(30)31-17-11-16-28(31)6/h8-20H,1-7H3/q+2. The molecule has 0 saturated carbocycles. The normalized spacial score (nSPS) is 11.5. The minimum atomic E-state index is 0.392. The van der Waals surface area contributed by atoms with E-state index in [0.717, 1.165) is 23.1 Å². The van der Waals surface area contributed by atoms with E-state index in [1.807, 2.05) is 18.2 Å². The molecule has 0 bridgehead atoms. The summed E-state index contributed by atoms with van der Waals surface area (Å²) in [6, 6.07) is 16.9. The first-order valence-corrected chi connectivity index (χ1v) is 11.3. The van der Waals surface area contributed by atoms with Crippen LogP contribution in [0.3, 0.4) is 0 Å². The molecule has 0 N–H and O–H groups in total. The Morgan fingerprint density at radius 1 is 0.875 bits per heavy atom. The van der Waals surface area contributed by atoms with Crippen LogP contribution >= 0.6 is 0 Å². The van der Waals surface area contributed by atoms with Gasteiger partial charge in [-0.1, -0.05) is 64.1 Å². The molecule has 0 aliphatic carbocycles. The van der Waals surface area contributed by atoms with Gasteiger partial charge >= 0.3 is 11.8 Å². The number of aryl methyl sites for hydroxylation is 2. The number of aromatic nitrogens is 4. The summed E-state index contributed by atoms with van der Waals surface area (Å²) >= 11 is 0. The van der Waals surface area contributed by atoms with Gasteiger partial charge in [0.25, 0.3) is 0 Å². The molecule has 5 nitrogen and oxygen atoms in total. The Bertz CT molecular complexity index is 1220. The second-order valence-corrected chi connectivity index (χ2v) is 9.07. The summed E-state index contributed by atoms with van der Waals surface area (Å²) in [4.78, 5) is 0. The largest absolute Gasteiger partial charge is 0.566 e. The van der Waals surface area contributed by atoms with Gasteiger partial charge in [-0.2, -0.15) is 4.68 Å². The van der Waals surface area contributed by atoms with Gasteiger partial charge in [0.1, 0.15) is 12.8 Å². The summed E-state index contributed by atoms with van der Waals surface area (Å²) in [6.07, 6.45) is 6.25. The van der Waals surface area contributed by atoms with Crippen LogP contribution in [-0.2, 0) is 14.1 Å². The molecule has 0 unspecified atom stereocenters. The van der Waals surface area contributed by atoms with Crippen molar-refractivity contribution in [3.63, 3.8) is 0 Å². The number of rotatable bonds is 6. The Balaban J connectivity index is 2.01. The van der Waals surface area contributed by atoms with Crippen molar-refractivity contribution in [1.29, 1.82) is 0 Å². The molecule has 2 aromatic carbocycles. The first kappa shape index (κ1) is 21.9. The minimum absolute atomic E-state index is 0.392. The Morgan fingerprint density at radius 2 is 1.53 bits per heavy atom. The summed E-state index contributed by atoms with van der Waals surface area (Å²) in [5.41, 5.74) is 4.99. The number of hydrogen-bond donors (Lipinski definition) is 0. The average molecular weight is 431 g/mol. The van der Waals surface area contributed by atoms with E-state index in [0.29, 0.717) is 11.8 Å². The van der Waals surface area contributed by atoms with E-state index in [4.69, 9.17) is 4.74 Å². The molecule has 4 rings (SSSR count). The highest BCUT2D eigenvalue weighted by Gasteiger charge is 2.37. The van der Waals surface area contributed by atoms with Crippen LogP contribution in [0.4, 0.5) is 0 Å². The highest BCUT2D eigenvalue weighted by atomic mass is 16.5. The SMILES string of the molecule is Cc1ccccc1Oc1cn(-c2c(C(C)C)cccc2C(C)C)c(-[n+]2cccn2C)[n+]1C. The monoisotopic (exact) mass is 430 g/mol. The lowest BCUT2D eigenvalue weighted by Gasteiger charge is -2.15. The fourth-order valence-electron chi connectivity index (χ4n) is 4.24. The topological polar surface area (TPSA) is 26.8 Å². The molecule has 0 saturated heterocycles. The lowest BCUT2D eigenvalue weighted by molar-refractivity contribution is -0.816. The predicted octanol–water partition coefficient (Wildman–Crippen LogP) is 5.26. The third-order valence-electron chi connectivity index (χ3n) is 6.05. The molecular formula is C27H34N4O+2. The van der Waals surface area contributed by atoms with Crippen LogP contribution < -0.4 is 14.0 Å². The van der Waals surface area contributed by atoms with Crippen molar-refractivity contribution in [2.45, 2.75) is 46.5 Å². The van der Waals surface area contributed by atoms with E-state index in [9.17, 15) is 0 Å². The zero-order valence-electron chi connectivity index (χ0n) is 20.2. The molecular weight excluding hydrogens is 396 g/mol. The molecule has 0 aliphatic heterocycles. The number of nitrogens with zero attached hydrogens (tertiary/aromatic N) is 4. The van der Waals surface area contributed by atoms with Crippen LogP contribution in [0.15, 0.2) is 67.1 Å². The molecule has 0 amide bonds. The van der Waals surface area contributed by atoms with Gasteiger partial charge in [-0.05, 0) is 35.1 Å². The highest BCUT2D eigenvalue weighted by Crippen LogP contribution is 2.33. The van der Waals surface area contributed by atoms with Gasteiger partial charge in [0.2, 0.25) is 6.20 Å². The Kier molecular flexibility index (Phi) is 5.92. The third-order valence-corrected chi connectivity index (χ3v) is 6.05. The summed E-state index contributed by atoms with van der Waals surface area (Å²) in [5, 5.41) is 0. The summed E-state index contributed by atoms with van der Waals surface area (Å²) in [7, 11) is 4.11. The zero-order valence-corrected chi connectivity index (χ0v) is 20.2. The maximum Gasteiger partial charge on any atom is 0.566 e. The Labute approximate surface area is 191 Å². The maximum absolute atomic E-state index is 6.44. The zero-order chi connectivity index (χ0) is 23.0. The second-order valence-electron chi connectivity index (χ2n) is 9.07. The van der Waals surface area contributed by atoms with Crippen LogP contribution in [0.25, 0.3) is 11.6 Å².